The number of aromatic nitrogens is 4. The summed E-state index contributed by atoms with van der Waals surface area (Å²) in [6.07, 6.45) is 7.10. The first-order chi connectivity index (χ1) is 15.3. The molecule has 0 aliphatic carbocycles. The third-order valence-corrected chi connectivity index (χ3v) is 5.03. The van der Waals surface area contributed by atoms with Gasteiger partial charge in [0.05, 0.1) is 23.3 Å². The predicted molar refractivity (Wildman–Crippen MR) is 122 cm³/mol. The topological polar surface area (TPSA) is 64.9 Å². The quantitative estimate of drug-likeness (QED) is 0.323. The summed E-state index contributed by atoms with van der Waals surface area (Å²) < 4.78 is 7.52. The van der Waals surface area contributed by atoms with E-state index in [1.807, 2.05) is 60.9 Å². The molecule has 0 fully saturated rings. The van der Waals surface area contributed by atoms with Crippen molar-refractivity contribution >= 4 is 33.3 Å². The maximum Gasteiger partial charge on any atom is 0.160 e. The molecule has 6 nitrogen and oxygen atoms in total. The van der Waals surface area contributed by atoms with Crippen LogP contribution in [0.15, 0.2) is 79.1 Å². The van der Waals surface area contributed by atoms with Crippen molar-refractivity contribution in [2.45, 2.75) is 6.61 Å². The summed E-state index contributed by atoms with van der Waals surface area (Å²) in [5, 5.41) is 14.1. The van der Waals surface area contributed by atoms with E-state index in [4.69, 9.17) is 11.2 Å². The number of terminal acetylenes is 1. The number of nitrogens with zero attached hydrogens (tertiary/aromatic N) is 4. The van der Waals surface area contributed by atoms with E-state index in [0.29, 0.717) is 12.4 Å². The van der Waals surface area contributed by atoms with Gasteiger partial charge in [-0.1, -0.05) is 48.4 Å². The molecule has 0 saturated carbocycles. The van der Waals surface area contributed by atoms with Crippen molar-refractivity contribution < 1.29 is 4.74 Å². The minimum Gasteiger partial charge on any atom is -0.362 e. The van der Waals surface area contributed by atoms with E-state index in [2.05, 4.69) is 49.2 Å². The summed E-state index contributed by atoms with van der Waals surface area (Å²) in [5.41, 5.74) is 4.65. The van der Waals surface area contributed by atoms with Crippen LogP contribution >= 0.6 is 0 Å². The van der Waals surface area contributed by atoms with Gasteiger partial charge in [0.2, 0.25) is 0 Å². The highest BCUT2D eigenvalue weighted by molar-refractivity contribution is 5.95. The Balaban J connectivity index is 1.47. The number of hydrogen-bond acceptors (Lipinski definition) is 5. The van der Waals surface area contributed by atoms with Crippen molar-refractivity contribution in [3.63, 3.8) is 0 Å². The molecule has 31 heavy (non-hydrogen) atoms. The fraction of sp³-hybridized carbons (Fsp3) is 0.0800. The Morgan fingerprint density at radius 1 is 0.935 bits per heavy atom. The largest absolute Gasteiger partial charge is 0.362 e. The van der Waals surface area contributed by atoms with Crippen LogP contribution in [0.4, 0.5) is 11.5 Å². The molecule has 0 aliphatic heterocycles. The van der Waals surface area contributed by atoms with Gasteiger partial charge in [0.15, 0.2) is 5.82 Å². The summed E-state index contributed by atoms with van der Waals surface area (Å²) in [5.74, 6) is 3.15. The average molecular weight is 405 g/mol. The molecule has 2 heterocycles. The van der Waals surface area contributed by atoms with E-state index in [1.165, 1.54) is 0 Å². The van der Waals surface area contributed by atoms with Crippen LogP contribution in [0.1, 0.15) is 5.69 Å². The van der Waals surface area contributed by atoms with Crippen molar-refractivity contribution in [1.29, 1.82) is 0 Å². The van der Waals surface area contributed by atoms with Gasteiger partial charge in [-0.3, -0.25) is 4.57 Å². The van der Waals surface area contributed by atoms with Gasteiger partial charge in [-0.05, 0) is 30.3 Å². The van der Waals surface area contributed by atoms with E-state index in [9.17, 15) is 0 Å². The molecule has 0 saturated heterocycles. The van der Waals surface area contributed by atoms with E-state index in [-0.39, 0.29) is 6.61 Å². The molecule has 0 aliphatic rings. The molecular formula is C25H19N5O. The van der Waals surface area contributed by atoms with Gasteiger partial charge in [0.25, 0.3) is 0 Å². The highest BCUT2D eigenvalue weighted by Gasteiger charge is 2.11. The minimum atomic E-state index is 0.242. The van der Waals surface area contributed by atoms with Gasteiger partial charge < -0.3 is 10.1 Å². The molecular weight excluding hydrogens is 386 g/mol. The zero-order chi connectivity index (χ0) is 21.0. The molecule has 6 heteroatoms. The normalized spacial score (nSPS) is 10.9. The number of benzene rings is 3. The SMILES string of the molecule is C#CCOCc1nnc(Nc2ccc3c(c2)ncn3-c2ccccc2)c2ccccc12. The Morgan fingerprint density at radius 2 is 1.74 bits per heavy atom. The number of para-hydroxylation sites is 1. The maximum absolute atomic E-state index is 5.45. The van der Waals surface area contributed by atoms with Crippen molar-refractivity contribution in [2.24, 2.45) is 0 Å². The predicted octanol–water partition coefficient (Wildman–Crippen LogP) is 4.86. The Kier molecular flexibility index (Phi) is 5.01. The Bertz CT molecular complexity index is 1400. The summed E-state index contributed by atoms with van der Waals surface area (Å²) in [4.78, 5) is 4.57. The number of imidazole rings is 1. The van der Waals surface area contributed by atoms with Crippen molar-refractivity contribution in [1.82, 2.24) is 19.7 Å². The minimum absolute atomic E-state index is 0.242. The first-order valence-electron chi connectivity index (χ1n) is 9.88. The van der Waals surface area contributed by atoms with Gasteiger partial charge in [-0.2, -0.15) is 5.10 Å². The lowest BCUT2D eigenvalue weighted by Gasteiger charge is -2.11. The zero-order valence-corrected chi connectivity index (χ0v) is 16.7. The molecule has 3 aromatic carbocycles. The van der Waals surface area contributed by atoms with Crippen LogP contribution < -0.4 is 5.32 Å². The first kappa shape index (κ1) is 18.8. The highest BCUT2D eigenvalue weighted by atomic mass is 16.5. The highest BCUT2D eigenvalue weighted by Crippen LogP contribution is 2.28. The molecule has 0 unspecified atom stereocenters. The van der Waals surface area contributed by atoms with Gasteiger partial charge in [-0.15, -0.1) is 11.5 Å². The summed E-state index contributed by atoms with van der Waals surface area (Å²) in [6, 6.07) is 24.2. The first-order valence-corrected chi connectivity index (χ1v) is 9.88. The van der Waals surface area contributed by atoms with Crippen LogP contribution in [0, 0.1) is 12.3 Å². The molecule has 5 aromatic rings. The van der Waals surface area contributed by atoms with Crippen LogP contribution in [0.3, 0.4) is 0 Å². The van der Waals surface area contributed by atoms with E-state index in [1.54, 1.807) is 0 Å². The summed E-state index contributed by atoms with van der Waals surface area (Å²) >= 11 is 0. The molecule has 0 atom stereocenters. The fourth-order valence-electron chi connectivity index (χ4n) is 3.59. The summed E-state index contributed by atoms with van der Waals surface area (Å²) in [7, 11) is 0. The standard InChI is InChI=1S/C25H19N5O/c1-2-14-31-16-23-20-10-6-7-11-21(20)25(29-28-23)27-18-12-13-24-22(15-18)26-17-30(24)19-8-4-3-5-9-19/h1,3-13,15,17H,14,16H2,(H,27,29). The van der Waals surface area contributed by atoms with E-state index in [0.717, 1.165) is 38.9 Å². The Labute approximate surface area is 179 Å². The lowest BCUT2D eigenvalue weighted by molar-refractivity contribution is 0.151. The third kappa shape index (κ3) is 3.70. The van der Waals surface area contributed by atoms with Crippen LogP contribution in [0.5, 0.6) is 0 Å². The Hall–Kier alpha value is -4.21. The van der Waals surface area contributed by atoms with Crippen LogP contribution in [0.2, 0.25) is 0 Å². The van der Waals surface area contributed by atoms with Crippen molar-refractivity contribution in [2.75, 3.05) is 11.9 Å². The third-order valence-electron chi connectivity index (χ3n) is 5.03. The molecule has 0 amide bonds. The second kappa shape index (κ2) is 8.27. The molecule has 5 rings (SSSR count). The lowest BCUT2D eigenvalue weighted by Crippen LogP contribution is -2.03. The van der Waals surface area contributed by atoms with Gasteiger partial charge >= 0.3 is 0 Å². The number of nitrogens with one attached hydrogen (secondary N) is 1. The van der Waals surface area contributed by atoms with Crippen LogP contribution in [0.25, 0.3) is 27.5 Å². The molecule has 0 bridgehead atoms. The van der Waals surface area contributed by atoms with E-state index < -0.39 is 0 Å². The molecule has 0 radical (unpaired) electrons. The van der Waals surface area contributed by atoms with Gasteiger partial charge in [0.1, 0.15) is 12.9 Å². The second-order valence-electron chi connectivity index (χ2n) is 7.02. The van der Waals surface area contributed by atoms with Crippen LogP contribution in [-0.4, -0.2) is 26.4 Å². The second-order valence-corrected chi connectivity index (χ2v) is 7.02. The summed E-state index contributed by atoms with van der Waals surface area (Å²) in [6.45, 7) is 0.562. The lowest BCUT2D eigenvalue weighted by atomic mass is 10.1. The number of hydrogen-bond donors (Lipinski definition) is 1. The fourth-order valence-corrected chi connectivity index (χ4v) is 3.59. The van der Waals surface area contributed by atoms with Crippen molar-refractivity contribution in [3.05, 3.63) is 84.8 Å². The molecule has 150 valence electrons. The monoisotopic (exact) mass is 405 g/mol. The molecule has 0 spiro atoms. The van der Waals surface area contributed by atoms with E-state index >= 15 is 0 Å². The maximum atomic E-state index is 5.45. The number of fused-ring (bicyclic) bond motifs is 2. The zero-order valence-electron chi connectivity index (χ0n) is 16.7. The average Bonchev–Trinajstić information content (AvgIpc) is 3.24. The van der Waals surface area contributed by atoms with Crippen molar-refractivity contribution in [3.8, 4) is 18.0 Å². The molecule has 2 aromatic heterocycles. The Morgan fingerprint density at radius 3 is 2.58 bits per heavy atom. The number of rotatable bonds is 6. The van der Waals surface area contributed by atoms with Gasteiger partial charge in [-0.25, -0.2) is 4.98 Å². The van der Waals surface area contributed by atoms with Gasteiger partial charge in [0, 0.05) is 22.1 Å². The molecule has 1 N–H and O–H groups in total. The number of ether oxygens (including phenoxy) is 1. The van der Waals surface area contributed by atoms with Crippen LogP contribution in [-0.2, 0) is 11.3 Å². The smallest absolute Gasteiger partial charge is 0.160 e. The number of anilines is 2.